The molecule has 0 fully saturated rings. The monoisotopic (exact) mass is 560 g/mol. The molecule has 7 aromatic rings. The SMILES string of the molecule is O=P1(c2ccccc2)c2ccccc2Oc2ccc(-c3ccc(-c4c(-c5ccccc5)nc5ccccn45)cc3)cc21. The summed E-state index contributed by atoms with van der Waals surface area (Å²) in [5.41, 5.74) is 7.07. The van der Waals surface area contributed by atoms with Crippen molar-refractivity contribution in [2.75, 3.05) is 0 Å². The van der Waals surface area contributed by atoms with Crippen molar-refractivity contribution in [2.24, 2.45) is 0 Å². The predicted molar refractivity (Wildman–Crippen MR) is 171 cm³/mol. The van der Waals surface area contributed by atoms with Crippen LogP contribution in [0.15, 0.2) is 152 Å². The maximum absolute atomic E-state index is 15.1. The van der Waals surface area contributed by atoms with Gasteiger partial charge in [-0.3, -0.25) is 4.40 Å². The molecule has 0 saturated heterocycles. The Hall–Kier alpha value is -5.18. The molecule has 1 unspecified atom stereocenters. The van der Waals surface area contributed by atoms with E-state index in [9.17, 15) is 0 Å². The fourth-order valence-electron chi connectivity index (χ4n) is 5.89. The van der Waals surface area contributed by atoms with Gasteiger partial charge in [0, 0.05) is 22.6 Å². The Morgan fingerprint density at radius 1 is 0.548 bits per heavy atom. The molecule has 1 aliphatic rings. The van der Waals surface area contributed by atoms with Gasteiger partial charge in [-0.1, -0.05) is 109 Å². The van der Waals surface area contributed by atoms with E-state index < -0.39 is 7.14 Å². The second kappa shape index (κ2) is 9.73. The van der Waals surface area contributed by atoms with Crippen LogP contribution in [-0.2, 0) is 4.57 Å². The van der Waals surface area contributed by atoms with E-state index in [1.54, 1.807) is 0 Å². The fourth-order valence-corrected chi connectivity index (χ4v) is 8.77. The Morgan fingerprint density at radius 3 is 2.00 bits per heavy atom. The van der Waals surface area contributed by atoms with Crippen LogP contribution in [0.25, 0.3) is 39.3 Å². The van der Waals surface area contributed by atoms with E-state index in [-0.39, 0.29) is 0 Å². The summed E-state index contributed by atoms with van der Waals surface area (Å²) in [5, 5.41) is 2.26. The van der Waals surface area contributed by atoms with Gasteiger partial charge >= 0.3 is 0 Å². The average Bonchev–Trinajstić information content (AvgIpc) is 3.45. The zero-order chi connectivity index (χ0) is 28.1. The third-order valence-corrected chi connectivity index (χ3v) is 11.0. The summed E-state index contributed by atoms with van der Waals surface area (Å²) in [7, 11) is -3.15. The topological polar surface area (TPSA) is 43.6 Å². The van der Waals surface area contributed by atoms with E-state index in [1.807, 2.05) is 109 Å². The summed E-state index contributed by atoms with van der Waals surface area (Å²) in [6, 6.07) is 48.3. The number of benzene rings is 5. The number of imidazole rings is 1. The van der Waals surface area contributed by atoms with Crippen LogP contribution in [0, 0.1) is 0 Å². The van der Waals surface area contributed by atoms with Crippen LogP contribution in [0.5, 0.6) is 11.5 Å². The first-order valence-corrected chi connectivity index (χ1v) is 15.6. The smallest absolute Gasteiger partial charge is 0.178 e. The second-order valence-corrected chi connectivity index (χ2v) is 13.1. The zero-order valence-electron chi connectivity index (χ0n) is 22.6. The lowest BCUT2D eigenvalue weighted by molar-refractivity contribution is 0.485. The largest absolute Gasteiger partial charge is 0.456 e. The van der Waals surface area contributed by atoms with Crippen LogP contribution in [0.3, 0.4) is 0 Å². The molecule has 0 saturated carbocycles. The molecule has 2 aromatic heterocycles. The molecule has 5 heteroatoms. The van der Waals surface area contributed by atoms with Gasteiger partial charge in [-0.15, -0.1) is 0 Å². The van der Waals surface area contributed by atoms with Crippen LogP contribution < -0.4 is 20.7 Å². The van der Waals surface area contributed by atoms with Crippen molar-refractivity contribution in [3.05, 3.63) is 152 Å². The van der Waals surface area contributed by atoms with Crippen LogP contribution in [0.2, 0.25) is 0 Å². The molecule has 0 spiro atoms. The van der Waals surface area contributed by atoms with E-state index in [4.69, 9.17) is 9.72 Å². The second-order valence-electron chi connectivity index (χ2n) is 10.4. The van der Waals surface area contributed by atoms with Gasteiger partial charge in [0.05, 0.1) is 22.0 Å². The highest BCUT2D eigenvalue weighted by molar-refractivity contribution is 7.85. The Morgan fingerprint density at radius 2 is 1.19 bits per heavy atom. The summed E-state index contributed by atoms with van der Waals surface area (Å²) in [6.45, 7) is 0. The maximum Gasteiger partial charge on any atom is 0.178 e. The highest BCUT2D eigenvalue weighted by Crippen LogP contribution is 2.52. The van der Waals surface area contributed by atoms with Gasteiger partial charge in [0.1, 0.15) is 17.1 Å². The van der Waals surface area contributed by atoms with Crippen LogP contribution >= 0.6 is 7.14 Å². The molecule has 0 bridgehead atoms. The minimum absolute atomic E-state index is 0.638. The first-order chi connectivity index (χ1) is 20.7. The molecule has 0 aliphatic carbocycles. The number of rotatable bonds is 4. The first-order valence-electron chi connectivity index (χ1n) is 13.9. The Kier molecular flexibility index (Phi) is 5.70. The standard InChI is InChI=1S/C37H25N2O2P/c40-42(30-13-5-2-6-14-30)33-16-8-7-15-31(33)41-32-23-22-29(25-34(32)42)26-18-20-28(21-19-26)37-36(27-11-3-1-4-12-27)38-35-17-9-10-24-39(35)37/h1-25H. The summed E-state index contributed by atoms with van der Waals surface area (Å²) in [4.78, 5) is 4.97. The van der Waals surface area contributed by atoms with Crippen molar-refractivity contribution in [2.45, 2.75) is 0 Å². The summed E-state index contributed by atoms with van der Waals surface area (Å²) < 4.78 is 23.5. The number of fused-ring (bicyclic) bond motifs is 3. The van der Waals surface area contributed by atoms with Crippen LogP contribution in [0.4, 0.5) is 0 Å². The van der Waals surface area contributed by atoms with E-state index in [0.29, 0.717) is 11.5 Å². The molecular formula is C37H25N2O2P. The fraction of sp³-hybridized carbons (Fsp3) is 0. The third kappa shape index (κ3) is 3.84. The minimum atomic E-state index is -3.15. The summed E-state index contributed by atoms with van der Waals surface area (Å²) >= 11 is 0. The van der Waals surface area contributed by atoms with Crippen molar-refractivity contribution in [1.29, 1.82) is 0 Å². The highest BCUT2D eigenvalue weighted by Gasteiger charge is 2.39. The lowest BCUT2D eigenvalue weighted by atomic mass is 10.0. The normalized spacial score (nSPS) is 15.5. The average molecular weight is 561 g/mol. The zero-order valence-corrected chi connectivity index (χ0v) is 23.5. The molecule has 42 heavy (non-hydrogen) atoms. The number of ether oxygens (including phenoxy) is 1. The maximum atomic E-state index is 15.1. The lowest BCUT2D eigenvalue weighted by Crippen LogP contribution is -2.30. The van der Waals surface area contributed by atoms with Crippen molar-refractivity contribution in [1.82, 2.24) is 9.38 Å². The highest BCUT2D eigenvalue weighted by atomic mass is 31.2. The third-order valence-electron chi connectivity index (χ3n) is 7.91. The number of para-hydroxylation sites is 1. The van der Waals surface area contributed by atoms with Gasteiger partial charge in [-0.25, -0.2) is 4.98 Å². The number of pyridine rings is 1. The minimum Gasteiger partial charge on any atom is -0.456 e. The molecule has 1 aliphatic heterocycles. The molecule has 0 radical (unpaired) electrons. The molecule has 8 rings (SSSR count). The Bertz CT molecular complexity index is 2140. The van der Waals surface area contributed by atoms with Crippen molar-refractivity contribution >= 4 is 28.7 Å². The van der Waals surface area contributed by atoms with E-state index in [0.717, 1.165) is 55.2 Å². The molecule has 3 heterocycles. The summed E-state index contributed by atoms with van der Waals surface area (Å²) in [5.74, 6) is 1.29. The summed E-state index contributed by atoms with van der Waals surface area (Å²) in [6.07, 6.45) is 2.06. The Balaban J connectivity index is 1.24. The molecule has 1 atom stereocenters. The predicted octanol–water partition coefficient (Wildman–Crippen LogP) is 8.08. The number of hydrogen-bond donors (Lipinski definition) is 0. The number of aromatic nitrogens is 2. The van der Waals surface area contributed by atoms with E-state index in [1.165, 1.54) is 0 Å². The van der Waals surface area contributed by atoms with Crippen molar-refractivity contribution in [3.8, 4) is 45.1 Å². The van der Waals surface area contributed by atoms with Crippen molar-refractivity contribution < 1.29 is 9.30 Å². The Labute approximate surface area is 243 Å². The van der Waals surface area contributed by atoms with Crippen molar-refractivity contribution in [3.63, 3.8) is 0 Å². The molecular weight excluding hydrogens is 535 g/mol. The van der Waals surface area contributed by atoms with Gasteiger partial charge < -0.3 is 9.30 Å². The molecule has 4 nitrogen and oxygen atoms in total. The van der Waals surface area contributed by atoms with Gasteiger partial charge in [0.2, 0.25) is 0 Å². The van der Waals surface area contributed by atoms with Gasteiger partial charge in [-0.05, 0) is 47.5 Å². The van der Waals surface area contributed by atoms with E-state index >= 15 is 4.57 Å². The molecule has 5 aromatic carbocycles. The van der Waals surface area contributed by atoms with Gasteiger partial charge in [-0.2, -0.15) is 0 Å². The first kappa shape index (κ1) is 24.6. The number of hydrogen-bond acceptors (Lipinski definition) is 3. The van der Waals surface area contributed by atoms with Crippen LogP contribution in [0.1, 0.15) is 0 Å². The van der Waals surface area contributed by atoms with Gasteiger partial charge in [0.25, 0.3) is 0 Å². The molecule has 0 amide bonds. The molecule has 200 valence electrons. The number of nitrogens with zero attached hydrogens (tertiary/aromatic N) is 2. The lowest BCUT2D eigenvalue weighted by Gasteiger charge is -2.29. The molecule has 0 N–H and O–H groups in total. The quantitative estimate of drug-likeness (QED) is 0.204. The van der Waals surface area contributed by atoms with Gasteiger partial charge in [0.15, 0.2) is 7.14 Å². The van der Waals surface area contributed by atoms with Crippen LogP contribution in [-0.4, -0.2) is 9.38 Å². The van der Waals surface area contributed by atoms with E-state index in [2.05, 4.69) is 47.0 Å².